The Labute approximate surface area is 141 Å². The van der Waals surface area contributed by atoms with Crippen molar-refractivity contribution in [3.05, 3.63) is 27.8 Å². The van der Waals surface area contributed by atoms with Crippen LogP contribution in [0.15, 0.2) is 12.1 Å². The molecule has 1 aliphatic heterocycles. The number of hydrogen-bond acceptors (Lipinski definition) is 6. The quantitative estimate of drug-likeness (QED) is 0.444. The largest absolute Gasteiger partial charge is 0.504 e. The second kappa shape index (κ2) is 7.36. The molecule has 0 unspecified atom stereocenters. The van der Waals surface area contributed by atoms with Gasteiger partial charge in [0.15, 0.2) is 5.75 Å². The molecule has 0 bridgehead atoms. The minimum absolute atomic E-state index is 0.0533. The van der Waals surface area contributed by atoms with Crippen LogP contribution in [0.1, 0.15) is 43.7 Å². The van der Waals surface area contributed by atoms with Crippen LogP contribution in [0.3, 0.4) is 0 Å². The fourth-order valence-corrected chi connectivity index (χ4v) is 4.13. The molecule has 0 amide bonds. The molecule has 0 aromatic heterocycles. The first-order valence-corrected chi connectivity index (χ1v) is 8.73. The highest BCUT2D eigenvalue weighted by molar-refractivity contribution is 5.57. The maximum absolute atomic E-state index is 11.2. The van der Waals surface area contributed by atoms with Crippen LogP contribution in [0, 0.1) is 16.0 Å². The van der Waals surface area contributed by atoms with Gasteiger partial charge in [0, 0.05) is 38.3 Å². The topological polar surface area (TPSA) is 98.9 Å². The lowest BCUT2D eigenvalue weighted by Crippen LogP contribution is -2.47. The second-order valence-electron chi connectivity index (χ2n) is 6.79. The van der Waals surface area contributed by atoms with E-state index in [1.807, 2.05) is 0 Å². The standard InChI is InChI=1S/C17H25N3O4/c21-15-11-13(10-14(17(15)22)20(23)24)16(12-4-2-1-3-5-12)19-8-6-18-7-9-19/h10-12,16,18,21-22H,1-9H2/t16-/m1/s1. The average molecular weight is 335 g/mol. The predicted molar refractivity (Wildman–Crippen MR) is 90.2 cm³/mol. The minimum atomic E-state index is -0.647. The fraction of sp³-hybridized carbons (Fsp3) is 0.647. The third kappa shape index (κ3) is 3.47. The monoisotopic (exact) mass is 335 g/mol. The molecule has 1 aromatic carbocycles. The van der Waals surface area contributed by atoms with Crippen LogP contribution in [0.5, 0.6) is 11.5 Å². The number of benzene rings is 1. The van der Waals surface area contributed by atoms with Gasteiger partial charge in [-0.15, -0.1) is 0 Å². The number of nitro benzene ring substituents is 1. The number of rotatable bonds is 4. The van der Waals surface area contributed by atoms with Crippen LogP contribution >= 0.6 is 0 Å². The van der Waals surface area contributed by atoms with Crippen molar-refractivity contribution in [1.29, 1.82) is 0 Å². The van der Waals surface area contributed by atoms with Crippen molar-refractivity contribution < 1.29 is 15.1 Å². The van der Waals surface area contributed by atoms with Crippen molar-refractivity contribution in [2.75, 3.05) is 26.2 Å². The molecule has 1 saturated heterocycles. The molecule has 3 rings (SSSR count). The first-order valence-electron chi connectivity index (χ1n) is 8.73. The van der Waals surface area contributed by atoms with Crippen LogP contribution in [0.2, 0.25) is 0 Å². The van der Waals surface area contributed by atoms with E-state index >= 15 is 0 Å². The third-order valence-electron chi connectivity index (χ3n) is 5.27. The molecule has 24 heavy (non-hydrogen) atoms. The average Bonchev–Trinajstić information content (AvgIpc) is 2.60. The predicted octanol–water partition coefficient (Wildman–Crippen LogP) is 2.53. The lowest BCUT2D eigenvalue weighted by atomic mass is 9.80. The Kier molecular flexibility index (Phi) is 5.20. The number of aromatic hydroxyl groups is 2. The van der Waals surface area contributed by atoms with Crippen LogP contribution < -0.4 is 5.32 Å². The Hall–Kier alpha value is -1.86. The summed E-state index contributed by atoms with van der Waals surface area (Å²) in [6.45, 7) is 3.57. The lowest BCUT2D eigenvalue weighted by Gasteiger charge is -2.41. The highest BCUT2D eigenvalue weighted by atomic mass is 16.6. The Balaban J connectivity index is 1.99. The van der Waals surface area contributed by atoms with Gasteiger partial charge in [0.05, 0.1) is 4.92 Å². The van der Waals surface area contributed by atoms with Crippen molar-refractivity contribution >= 4 is 5.69 Å². The molecule has 1 atom stereocenters. The molecular formula is C17H25N3O4. The van der Waals surface area contributed by atoms with E-state index in [9.17, 15) is 20.3 Å². The van der Waals surface area contributed by atoms with Crippen molar-refractivity contribution in [3.8, 4) is 11.5 Å². The summed E-state index contributed by atoms with van der Waals surface area (Å²) in [5, 5.41) is 34.3. The molecule has 1 saturated carbocycles. The molecule has 0 spiro atoms. The van der Waals surface area contributed by atoms with Crippen LogP contribution in [0.4, 0.5) is 5.69 Å². The Morgan fingerprint density at radius 3 is 2.46 bits per heavy atom. The lowest BCUT2D eigenvalue weighted by molar-refractivity contribution is -0.386. The Bertz CT molecular complexity index is 578. The first kappa shape index (κ1) is 17.0. The Morgan fingerprint density at radius 1 is 1.17 bits per heavy atom. The third-order valence-corrected chi connectivity index (χ3v) is 5.27. The molecule has 2 fully saturated rings. The molecule has 1 aliphatic carbocycles. The zero-order valence-electron chi connectivity index (χ0n) is 13.8. The molecular weight excluding hydrogens is 310 g/mol. The van der Waals surface area contributed by atoms with Gasteiger partial charge in [-0.05, 0) is 30.4 Å². The normalized spacial score (nSPS) is 21.5. The van der Waals surface area contributed by atoms with E-state index in [0.29, 0.717) is 5.92 Å². The van der Waals surface area contributed by atoms with E-state index in [1.165, 1.54) is 31.4 Å². The van der Waals surface area contributed by atoms with Gasteiger partial charge in [-0.25, -0.2) is 0 Å². The maximum atomic E-state index is 11.2. The number of hydrogen-bond donors (Lipinski definition) is 3. The first-order chi connectivity index (χ1) is 11.6. The molecule has 7 heteroatoms. The van der Waals surface area contributed by atoms with Gasteiger partial charge in [-0.1, -0.05) is 19.3 Å². The molecule has 3 N–H and O–H groups in total. The summed E-state index contributed by atoms with van der Waals surface area (Å²) in [7, 11) is 0. The maximum Gasteiger partial charge on any atom is 0.314 e. The van der Waals surface area contributed by atoms with Gasteiger partial charge in [0.25, 0.3) is 0 Å². The summed E-state index contributed by atoms with van der Waals surface area (Å²) in [6.07, 6.45) is 5.80. The van der Waals surface area contributed by atoms with Crippen LogP contribution in [-0.2, 0) is 0 Å². The number of phenolic OH excluding ortho intramolecular Hbond substituents is 2. The molecule has 1 heterocycles. The minimum Gasteiger partial charge on any atom is -0.504 e. The van der Waals surface area contributed by atoms with E-state index in [-0.39, 0.29) is 6.04 Å². The highest BCUT2D eigenvalue weighted by Crippen LogP contribution is 2.44. The smallest absolute Gasteiger partial charge is 0.314 e. The van der Waals surface area contributed by atoms with Crippen LogP contribution in [0.25, 0.3) is 0 Å². The van der Waals surface area contributed by atoms with Gasteiger partial charge in [-0.2, -0.15) is 0 Å². The molecule has 2 aliphatic rings. The summed E-state index contributed by atoms with van der Waals surface area (Å²) in [5.74, 6) is -0.623. The van der Waals surface area contributed by atoms with E-state index in [2.05, 4.69) is 10.2 Å². The van der Waals surface area contributed by atoms with E-state index in [1.54, 1.807) is 0 Å². The number of nitro groups is 1. The molecule has 132 valence electrons. The summed E-state index contributed by atoms with van der Waals surface area (Å²) in [4.78, 5) is 12.9. The van der Waals surface area contributed by atoms with Crippen molar-refractivity contribution in [1.82, 2.24) is 10.2 Å². The number of nitrogens with one attached hydrogen (secondary N) is 1. The Morgan fingerprint density at radius 2 is 1.83 bits per heavy atom. The van der Waals surface area contributed by atoms with Crippen molar-refractivity contribution in [2.45, 2.75) is 38.1 Å². The SMILES string of the molecule is O=[N+]([O-])c1cc([C@@H](C2CCCCC2)N2CCNCC2)cc(O)c1O. The summed E-state index contributed by atoms with van der Waals surface area (Å²) < 4.78 is 0. The number of phenols is 2. The zero-order valence-corrected chi connectivity index (χ0v) is 13.8. The van der Waals surface area contributed by atoms with Crippen molar-refractivity contribution in [3.63, 3.8) is 0 Å². The van der Waals surface area contributed by atoms with Gasteiger partial charge < -0.3 is 15.5 Å². The fourth-order valence-electron chi connectivity index (χ4n) is 4.13. The number of piperazine rings is 1. The van der Waals surface area contributed by atoms with E-state index in [4.69, 9.17) is 0 Å². The summed E-state index contributed by atoms with van der Waals surface area (Å²) in [6, 6.07) is 3.00. The van der Waals surface area contributed by atoms with Gasteiger partial charge in [0.1, 0.15) is 0 Å². The zero-order chi connectivity index (χ0) is 17.1. The summed E-state index contributed by atoms with van der Waals surface area (Å²) >= 11 is 0. The summed E-state index contributed by atoms with van der Waals surface area (Å²) in [5.41, 5.74) is 0.326. The molecule has 7 nitrogen and oxygen atoms in total. The van der Waals surface area contributed by atoms with E-state index < -0.39 is 22.1 Å². The van der Waals surface area contributed by atoms with Crippen molar-refractivity contribution in [2.24, 2.45) is 5.92 Å². The van der Waals surface area contributed by atoms with E-state index in [0.717, 1.165) is 44.6 Å². The van der Waals surface area contributed by atoms with Gasteiger partial charge in [-0.3, -0.25) is 15.0 Å². The highest BCUT2D eigenvalue weighted by Gasteiger charge is 2.33. The van der Waals surface area contributed by atoms with Gasteiger partial charge in [0.2, 0.25) is 5.75 Å². The molecule has 0 radical (unpaired) electrons. The number of nitrogens with zero attached hydrogens (tertiary/aromatic N) is 2. The molecule has 1 aromatic rings. The van der Waals surface area contributed by atoms with Crippen LogP contribution in [-0.4, -0.2) is 46.2 Å². The second-order valence-corrected chi connectivity index (χ2v) is 6.79. The van der Waals surface area contributed by atoms with Gasteiger partial charge >= 0.3 is 5.69 Å².